The van der Waals surface area contributed by atoms with Crippen LogP contribution in [0.3, 0.4) is 0 Å². The Morgan fingerprint density at radius 3 is 2.44 bits per heavy atom. The van der Waals surface area contributed by atoms with Crippen LogP contribution in [0.2, 0.25) is 0 Å². The van der Waals surface area contributed by atoms with Crippen molar-refractivity contribution >= 4 is 0 Å². The fourth-order valence-corrected chi connectivity index (χ4v) is 3.69. The summed E-state index contributed by atoms with van der Waals surface area (Å²) in [5, 5.41) is 13.5. The lowest BCUT2D eigenvalue weighted by atomic mass is 9.89. The number of nitrogens with one attached hydrogen (secondary N) is 1. The zero-order chi connectivity index (χ0) is 13.0. The molecule has 2 aliphatic rings. The Kier molecular flexibility index (Phi) is 5.50. The highest BCUT2D eigenvalue weighted by molar-refractivity contribution is 4.87. The Labute approximate surface area is 113 Å². The number of aliphatic hydroxyl groups is 1. The van der Waals surface area contributed by atoms with Gasteiger partial charge in [0.15, 0.2) is 0 Å². The summed E-state index contributed by atoms with van der Waals surface area (Å²) in [6, 6.07) is 1.45. The van der Waals surface area contributed by atoms with E-state index in [-0.39, 0.29) is 6.10 Å². The number of aliphatic hydroxyl groups excluding tert-OH is 1. The molecule has 2 fully saturated rings. The summed E-state index contributed by atoms with van der Waals surface area (Å²) in [4.78, 5) is 0. The Morgan fingerprint density at radius 2 is 1.78 bits per heavy atom. The molecule has 0 aromatic carbocycles. The second-order valence-electron chi connectivity index (χ2n) is 6.94. The molecule has 0 amide bonds. The molecule has 0 radical (unpaired) electrons. The molecular formula is C16H31NO. The van der Waals surface area contributed by atoms with Gasteiger partial charge in [-0.25, -0.2) is 0 Å². The predicted molar refractivity (Wildman–Crippen MR) is 76.6 cm³/mol. The van der Waals surface area contributed by atoms with Crippen molar-refractivity contribution in [2.75, 3.05) is 0 Å². The smallest absolute Gasteiger partial charge is 0.0541 e. The van der Waals surface area contributed by atoms with E-state index in [4.69, 9.17) is 0 Å². The molecule has 2 unspecified atom stereocenters. The summed E-state index contributed by atoms with van der Waals surface area (Å²) in [6.45, 7) is 4.67. The number of hydrogen-bond acceptors (Lipinski definition) is 2. The Balaban J connectivity index is 1.73. The van der Waals surface area contributed by atoms with Gasteiger partial charge in [-0.1, -0.05) is 26.7 Å². The largest absolute Gasteiger partial charge is 0.393 e. The topological polar surface area (TPSA) is 32.3 Å². The van der Waals surface area contributed by atoms with Crippen LogP contribution in [0.4, 0.5) is 0 Å². The molecule has 2 aliphatic carbocycles. The second kappa shape index (κ2) is 6.91. The average molecular weight is 253 g/mol. The molecule has 18 heavy (non-hydrogen) atoms. The minimum absolute atomic E-state index is 0.0247. The summed E-state index contributed by atoms with van der Waals surface area (Å²) in [7, 11) is 0. The standard InChI is InChI=1S/C16H31NO/c1-12(2)6-7-13-4-3-5-16(13)17-14-8-10-15(18)11-9-14/h12-18H,3-11H2,1-2H3. The van der Waals surface area contributed by atoms with Gasteiger partial charge < -0.3 is 10.4 Å². The Morgan fingerprint density at radius 1 is 1.06 bits per heavy atom. The van der Waals surface area contributed by atoms with Crippen molar-refractivity contribution in [1.82, 2.24) is 5.32 Å². The van der Waals surface area contributed by atoms with Crippen LogP contribution in [0.5, 0.6) is 0 Å². The van der Waals surface area contributed by atoms with Crippen LogP contribution in [0, 0.1) is 11.8 Å². The summed E-state index contributed by atoms with van der Waals surface area (Å²) < 4.78 is 0. The molecule has 0 aliphatic heterocycles. The molecule has 0 aromatic rings. The molecule has 0 saturated heterocycles. The van der Waals surface area contributed by atoms with E-state index in [1.54, 1.807) is 0 Å². The van der Waals surface area contributed by atoms with Gasteiger partial charge in [0.1, 0.15) is 0 Å². The quantitative estimate of drug-likeness (QED) is 0.786. The summed E-state index contributed by atoms with van der Waals surface area (Å²) in [6.07, 6.45) is 11.3. The first-order valence-corrected chi connectivity index (χ1v) is 8.09. The van der Waals surface area contributed by atoms with E-state index in [0.29, 0.717) is 6.04 Å². The van der Waals surface area contributed by atoms with Crippen LogP contribution in [0.1, 0.15) is 71.6 Å². The van der Waals surface area contributed by atoms with Crippen molar-refractivity contribution in [1.29, 1.82) is 0 Å². The van der Waals surface area contributed by atoms with Gasteiger partial charge in [-0.05, 0) is 56.8 Å². The molecule has 2 heteroatoms. The minimum Gasteiger partial charge on any atom is -0.393 e. The summed E-state index contributed by atoms with van der Waals surface area (Å²) >= 11 is 0. The van der Waals surface area contributed by atoms with E-state index in [0.717, 1.165) is 30.7 Å². The molecule has 0 aromatic heterocycles. The van der Waals surface area contributed by atoms with Crippen molar-refractivity contribution in [2.45, 2.75) is 89.8 Å². The van der Waals surface area contributed by atoms with Gasteiger partial charge in [0, 0.05) is 12.1 Å². The number of hydrogen-bond donors (Lipinski definition) is 2. The van der Waals surface area contributed by atoms with E-state index >= 15 is 0 Å². The van der Waals surface area contributed by atoms with Crippen molar-refractivity contribution in [3.63, 3.8) is 0 Å². The van der Waals surface area contributed by atoms with Gasteiger partial charge in [-0.15, -0.1) is 0 Å². The second-order valence-corrected chi connectivity index (χ2v) is 6.94. The maximum Gasteiger partial charge on any atom is 0.0541 e. The SMILES string of the molecule is CC(C)CCC1CCCC1NC1CCC(O)CC1. The van der Waals surface area contributed by atoms with E-state index in [2.05, 4.69) is 19.2 Å². The monoisotopic (exact) mass is 253 g/mol. The maximum atomic E-state index is 9.56. The summed E-state index contributed by atoms with van der Waals surface area (Å²) in [5.41, 5.74) is 0. The molecule has 2 N–H and O–H groups in total. The molecule has 0 heterocycles. The predicted octanol–water partition coefficient (Wildman–Crippen LogP) is 3.48. The normalized spacial score (nSPS) is 37.3. The van der Waals surface area contributed by atoms with Gasteiger partial charge in [0.2, 0.25) is 0 Å². The van der Waals surface area contributed by atoms with E-state index in [1.165, 1.54) is 44.9 Å². The lowest BCUT2D eigenvalue weighted by Crippen LogP contribution is -2.43. The Bertz CT molecular complexity index is 233. The zero-order valence-electron chi connectivity index (χ0n) is 12.2. The van der Waals surface area contributed by atoms with Crippen molar-refractivity contribution < 1.29 is 5.11 Å². The van der Waals surface area contributed by atoms with Crippen LogP contribution in [0.15, 0.2) is 0 Å². The molecule has 2 rings (SSSR count). The first-order chi connectivity index (χ1) is 8.65. The van der Waals surface area contributed by atoms with E-state index in [1.807, 2.05) is 0 Å². The van der Waals surface area contributed by atoms with Crippen LogP contribution in [-0.4, -0.2) is 23.3 Å². The highest BCUT2D eigenvalue weighted by Gasteiger charge is 2.30. The van der Waals surface area contributed by atoms with Crippen LogP contribution in [-0.2, 0) is 0 Å². The summed E-state index contributed by atoms with van der Waals surface area (Å²) in [5.74, 6) is 1.76. The fraction of sp³-hybridized carbons (Fsp3) is 1.00. The average Bonchev–Trinajstić information content (AvgIpc) is 2.77. The molecule has 0 bridgehead atoms. The highest BCUT2D eigenvalue weighted by Crippen LogP contribution is 2.32. The molecule has 0 spiro atoms. The molecule has 2 atom stereocenters. The van der Waals surface area contributed by atoms with Gasteiger partial charge >= 0.3 is 0 Å². The molecule has 106 valence electrons. The maximum absolute atomic E-state index is 9.56. The highest BCUT2D eigenvalue weighted by atomic mass is 16.3. The first-order valence-electron chi connectivity index (χ1n) is 8.09. The van der Waals surface area contributed by atoms with Gasteiger partial charge in [0.25, 0.3) is 0 Å². The van der Waals surface area contributed by atoms with Crippen LogP contribution in [0.25, 0.3) is 0 Å². The number of rotatable bonds is 5. The van der Waals surface area contributed by atoms with Crippen molar-refractivity contribution in [3.05, 3.63) is 0 Å². The Hall–Kier alpha value is -0.0800. The van der Waals surface area contributed by atoms with E-state index < -0.39 is 0 Å². The van der Waals surface area contributed by atoms with Crippen molar-refractivity contribution in [3.8, 4) is 0 Å². The van der Waals surface area contributed by atoms with Crippen LogP contribution < -0.4 is 5.32 Å². The van der Waals surface area contributed by atoms with E-state index in [9.17, 15) is 5.11 Å². The van der Waals surface area contributed by atoms with Gasteiger partial charge in [0.05, 0.1) is 6.10 Å². The fourth-order valence-electron chi connectivity index (χ4n) is 3.69. The van der Waals surface area contributed by atoms with Crippen molar-refractivity contribution in [2.24, 2.45) is 11.8 Å². The lowest BCUT2D eigenvalue weighted by molar-refractivity contribution is 0.112. The molecule has 2 saturated carbocycles. The van der Waals surface area contributed by atoms with Gasteiger partial charge in [-0.2, -0.15) is 0 Å². The third-order valence-electron chi connectivity index (χ3n) is 4.92. The molecular weight excluding hydrogens is 222 g/mol. The third kappa shape index (κ3) is 4.24. The minimum atomic E-state index is -0.0247. The lowest BCUT2D eigenvalue weighted by Gasteiger charge is -2.31. The first kappa shape index (κ1) is 14.3. The third-order valence-corrected chi connectivity index (χ3v) is 4.92. The van der Waals surface area contributed by atoms with Gasteiger partial charge in [-0.3, -0.25) is 0 Å². The zero-order valence-corrected chi connectivity index (χ0v) is 12.2. The molecule has 2 nitrogen and oxygen atoms in total. The van der Waals surface area contributed by atoms with Crippen LogP contribution >= 0.6 is 0 Å².